The molecular formula is C16H30N2O. The summed E-state index contributed by atoms with van der Waals surface area (Å²) in [7, 11) is 0. The van der Waals surface area contributed by atoms with Gasteiger partial charge in [-0.25, -0.2) is 0 Å². The zero-order valence-electron chi connectivity index (χ0n) is 12.8. The first-order chi connectivity index (χ1) is 8.95. The van der Waals surface area contributed by atoms with E-state index in [4.69, 9.17) is 10.5 Å². The molecule has 3 atom stereocenters. The molecule has 110 valence electrons. The van der Waals surface area contributed by atoms with Gasteiger partial charge in [0.1, 0.15) is 0 Å². The third kappa shape index (κ3) is 1.81. The lowest BCUT2D eigenvalue weighted by Crippen LogP contribution is -2.78. The average molecular weight is 266 g/mol. The molecule has 0 amide bonds. The van der Waals surface area contributed by atoms with Gasteiger partial charge in [0.15, 0.2) is 0 Å². The standard InChI is InChI=1S/C16H30N2O/c1-4-15(7-5-8-15)10-18-11-16(17)12-6-9-19-13(12)14(16,2)3/h12-13,18H,4-11,17H2,1-3H3. The van der Waals surface area contributed by atoms with E-state index in [0.29, 0.717) is 17.4 Å². The summed E-state index contributed by atoms with van der Waals surface area (Å²) in [4.78, 5) is 0. The quantitative estimate of drug-likeness (QED) is 0.802. The van der Waals surface area contributed by atoms with Gasteiger partial charge in [0.25, 0.3) is 0 Å². The third-order valence-electron chi connectivity index (χ3n) is 6.75. The van der Waals surface area contributed by atoms with Crippen molar-refractivity contribution in [2.75, 3.05) is 19.7 Å². The van der Waals surface area contributed by atoms with E-state index in [9.17, 15) is 0 Å². The molecule has 3 unspecified atom stereocenters. The fraction of sp³-hybridized carbons (Fsp3) is 1.00. The van der Waals surface area contributed by atoms with Crippen LogP contribution in [0.1, 0.15) is 52.9 Å². The Balaban J connectivity index is 1.57. The van der Waals surface area contributed by atoms with Gasteiger partial charge >= 0.3 is 0 Å². The molecule has 0 spiro atoms. The van der Waals surface area contributed by atoms with Crippen molar-refractivity contribution in [3.8, 4) is 0 Å². The maximum Gasteiger partial charge on any atom is 0.0691 e. The zero-order chi connectivity index (χ0) is 13.7. The van der Waals surface area contributed by atoms with E-state index < -0.39 is 0 Å². The van der Waals surface area contributed by atoms with Crippen LogP contribution in [0.15, 0.2) is 0 Å². The summed E-state index contributed by atoms with van der Waals surface area (Å²) in [5, 5.41) is 3.71. The minimum absolute atomic E-state index is 0.0765. The number of ether oxygens (including phenoxy) is 1. The highest BCUT2D eigenvalue weighted by Crippen LogP contribution is 2.57. The Morgan fingerprint density at radius 2 is 2.00 bits per heavy atom. The number of hydrogen-bond donors (Lipinski definition) is 2. The Kier molecular flexibility index (Phi) is 3.23. The minimum atomic E-state index is -0.0765. The molecule has 1 heterocycles. The number of fused-ring (bicyclic) bond motifs is 1. The van der Waals surface area contributed by atoms with Crippen molar-refractivity contribution < 1.29 is 4.74 Å². The highest BCUT2D eigenvalue weighted by molar-refractivity contribution is 5.21. The SMILES string of the molecule is CCC1(CNCC2(N)C3CCOC3C2(C)C)CCC1. The lowest BCUT2D eigenvalue weighted by atomic mass is 9.48. The van der Waals surface area contributed by atoms with Gasteiger partial charge in [-0.2, -0.15) is 0 Å². The Bertz CT molecular complexity index is 345. The first-order valence-corrected chi connectivity index (χ1v) is 8.06. The van der Waals surface area contributed by atoms with E-state index in [2.05, 4.69) is 26.1 Å². The maximum absolute atomic E-state index is 6.75. The average Bonchev–Trinajstić information content (AvgIpc) is 2.80. The molecule has 3 heteroatoms. The Morgan fingerprint density at radius 1 is 1.26 bits per heavy atom. The van der Waals surface area contributed by atoms with Gasteiger partial charge < -0.3 is 15.8 Å². The number of rotatable bonds is 5. The van der Waals surface area contributed by atoms with Gasteiger partial charge in [-0.3, -0.25) is 0 Å². The summed E-state index contributed by atoms with van der Waals surface area (Å²) < 4.78 is 5.86. The van der Waals surface area contributed by atoms with E-state index in [-0.39, 0.29) is 11.0 Å². The van der Waals surface area contributed by atoms with Crippen molar-refractivity contribution in [1.29, 1.82) is 0 Å². The van der Waals surface area contributed by atoms with Crippen LogP contribution in [0.2, 0.25) is 0 Å². The fourth-order valence-corrected chi connectivity index (χ4v) is 4.70. The largest absolute Gasteiger partial charge is 0.377 e. The first-order valence-electron chi connectivity index (χ1n) is 8.06. The van der Waals surface area contributed by atoms with Crippen molar-refractivity contribution in [3.63, 3.8) is 0 Å². The molecule has 3 rings (SSSR count). The summed E-state index contributed by atoms with van der Waals surface area (Å²) >= 11 is 0. The molecule has 0 aromatic rings. The van der Waals surface area contributed by atoms with Crippen LogP contribution < -0.4 is 11.1 Å². The predicted octanol–water partition coefficient (Wildman–Crippen LogP) is 2.30. The maximum atomic E-state index is 6.75. The normalized spacial score (nSPS) is 42.3. The molecule has 0 bridgehead atoms. The van der Waals surface area contributed by atoms with Crippen LogP contribution in [-0.2, 0) is 4.74 Å². The van der Waals surface area contributed by atoms with E-state index in [1.807, 2.05) is 0 Å². The van der Waals surface area contributed by atoms with Crippen LogP contribution in [0.25, 0.3) is 0 Å². The summed E-state index contributed by atoms with van der Waals surface area (Å²) in [6, 6.07) is 0. The molecule has 2 saturated carbocycles. The highest BCUT2D eigenvalue weighted by Gasteiger charge is 2.67. The first kappa shape index (κ1) is 13.8. The van der Waals surface area contributed by atoms with E-state index in [1.54, 1.807) is 0 Å². The molecule has 3 nitrogen and oxygen atoms in total. The Labute approximate surface area is 117 Å². The van der Waals surface area contributed by atoms with Gasteiger partial charge in [-0.05, 0) is 31.1 Å². The van der Waals surface area contributed by atoms with Crippen molar-refractivity contribution in [1.82, 2.24) is 5.32 Å². The third-order valence-corrected chi connectivity index (χ3v) is 6.75. The van der Waals surface area contributed by atoms with E-state index >= 15 is 0 Å². The summed E-state index contributed by atoms with van der Waals surface area (Å²) in [5.74, 6) is 0.564. The van der Waals surface area contributed by atoms with Crippen LogP contribution in [0.4, 0.5) is 0 Å². The van der Waals surface area contributed by atoms with Crippen molar-refractivity contribution in [2.24, 2.45) is 22.5 Å². The second-order valence-corrected chi connectivity index (χ2v) is 7.76. The monoisotopic (exact) mass is 266 g/mol. The molecular weight excluding hydrogens is 236 g/mol. The lowest BCUT2D eigenvalue weighted by Gasteiger charge is -2.62. The topological polar surface area (TPSA) is 47.3 Å². The smallest absolute Gasteiger partial charge is 0.0691 e. The minimum Gasteiger partial charge on any atom is -0.377 e. The molecule has 0 radical (unpaired) electrons. The number of hydrogen-bond acceptors (Lipinski definition) is 3. The second-order valence-electron chi connectivity index (χ2n) is 7.76. The van der Waals surface area contributed by atoms with E-state index in [1.165, 1.54) is 25.7 Å². The summed E-state index contributed by atoms with van der Waals surface area (Å²) in [5.41, 5.74) is 7.37. The fourth-order valence-electron chi connectivity index (χ4n) is 4.70. The second kappa shape index (κ2) is 4.44. The van der Waals surface area contributed by atoms with Gasteiger partial charge in [0.05, 0.1) is 6.10 Å². The Hall–Kier alpha value is -0.120. The molecule has 1 aliphatic heterocycles. The predicted molar refractivity (Wildman–Crippen MR) is 78.0 cm³/mol. The molecule has 0 aromatic heterocycles. The van der Waals surface area contributed by atoms with Crippen LogP contribution >= 0.6 is 0 Å². The molecule has 19 heavy (non-hydrogen) atoms. The van der Waals surface area contributed by atoms with Crippen molar-refractivity contribution >= 4 is 0 Å². The number of nitrogens with two attached hydrogens (primary N) is 1. The molecule has 0 aromatic carbocycles. The highest BCUT2D eigenvalue weighted by atomic mass is 16.5. The van der Waals surface area contributed by atoms with Gasteiger partial charge in [-0.1, -0.05) is 27.2 Å². The van der Waals surface area contributed by atoms with Crippen LogP contribution in [0.3, 0.4) is 0 Å². The van der Waals surface area contributed by atoms with Crippen LogP contribution in [0, 0.1) is 16.7 Å². The van der Waals surface area contributed by atoms with Gasteiger partial charge in [0.2, 0.25) is 0 Å². The lowest BCUT2D eigenvalue weighted by molar-refractivity contribution is -0.154. The van der Waals surface area contributed by atoms with Crippen molar-refractivity contribution in [2.45, 2.75) is 64.5 Å². The molecule has 3 N–H and O–H groups in total. The number of nitrogens with one attached hydrogen (secondary N) is 1. The van der Waals surface area contributed by atoms with E-state index in [0.717, 1.165) is 26.1 Å². The van der Waals surface area contributed by atoms with Crippen LogP contribution in [0.5, 0.6) is 0 Å². The molecule has 1 saturated heterocycles. The molecule has 2 aliphatic carbocycles. The molecule has 3 fully saturated rings. The summed E-state index contributed by atoms with van der Waals surface area (Å²) in [6.45, 7) is 9.88. The van der Waals surface area contributed by atoms with Crippen LogP contribution in [-0.4, -0.2) is 31.3 Å². The van der Waals surface area contributed by atoms with Gasteiger partial charge in [-0.15, -0.1) is 0 Å². The van der Waals surface area contributed by atoms with Crippen molar-refractivity contribution in [3.05, 3.63) is 0 Å². The Morgan fingerprint density at radius 3 is 2.58 bits per heavy atom. The van der Waals surface area contributed by atoms with Gasteiger partial charge in [0, 0.05) is 36.6 Å². The summed E-state index contributed by atoms with van der Waals surface area (Å²) in [6.07, 6.45) is 7.04. The molecule has 3 aliphatic rings. The zero-order valence-corrected chi connectivity index (χ0v) is 12.8.